The predicted octanol–water partition coefficient (Wildman–Crippen LogP) is 22.9. The average molecular weight is 984 g/mol. The van der Waals surface area contributed by atoms with Crippen LogP contribution in [0.3, 0.4) is 0 Å². The number of unbranched alkanes of at least 4 members (excludes halogenated alkanes) is 29. The second-order valence-electron chi connectivity index (χ2n) is 25.8. The molecule has 0 radical (unpaired) electrons. The molecule has 0 heterocycles. The maximum absolute atomic E-state index is 13.0. The van der Waals surface area contributed by atoms with E-state index in [2.05, 4.69) is 84.1 Å². The highest BCUT2D eigenvalue weighted by Gasteiger charge is 2.59. The van der Waals surface area contributed by atoms with E-state index < -0.39 is 0 Å². The lowest BCUT2D eigenvalue weighted by atomic mass is 9.47. The van der Waals surface area contributed by atoms with Crippen LogP contribution in [0.1, 0.15) is 330 Å². The van der Waals surface area contributed by atoms with Crippen LogP contribution in [0.2, 0.25) is 0 Å². The fourth-order valence-electron chi connectivity index (χ4n) is 15.1. The van der Waals surface area contributed by atoms with Crippen molar-refractivity contribution in [3.63, 3.8) is 0 Å². The Labute approximate surface area is 444 Å². The van der Waals surface area contributed by atoms with Gasteiger partial charge in [-0.25, -0.2) is 0 Å². The van der Waals surface area contributed by atoms with Crippen LogP contribution in [0.4, 0.5) is 0 Å². The van der Waals surface area contributed by atoms with Crippen LogP contribution in [-0.4, -0.2) is 12.1 Å². The molecule has 8 unspecified atom stereocenters. The third kappa shape index (κ3) is 24.3. The van der Waals surface area contributed by atoms with Gasteiger partial charge in [0.2, 0.25) is 0 Å². The molecule has 4 aliphatic rings. The number of allylic oxidation sites excluding steroid dienone is 7. The SMILES string of the molecule is CCCCCCC/C=C\C/C=C\C/C=C\CCCCCCCCCCCCCCCCCCCCCCCCCCC(=O)OC1CCC2(C)C(=CCC3C2CCC2(C)C(C(C)CCCC(C)C)CCC32)C1. The smallest absolute Gasteiger partial charge is 0.306 e. The first-order valence-electron chi connectivity index (χ1n) is 32.5. The van der Waals surface area contributed by atoms with Crippen LogP contribution in [0.25, 0.3) is 0 Å². The highest BCUT2D eigenvalue weighted by molar-refractivity contribution is 5.69. The van der Waals surface area contributed by atoms with Gasteiger partial charge in [0.1, 0.15) is 6.10 Å². The molecule has 4 rings (SSSR count). The van der Waals surface area contributed by atoms with Crippen molar-refractivity contribution in [2.45, 2.75) is 337 Å². The summed E-state index contributed by atoms with van der Waals surface area (Å²) in [5.74, 6) is 5.32. The van der Waals surface area contributed by atoms with Gasteiger partial charge in [-0.2, -0.15) is 0 Å². The molecule has 2 nitrogen and oxygen atoms in total. The van der Waals surface area contributed by atoms with Crippen molar-refractivity contribution >= 4 is 5.97 Å². The first-order valence-corrected chi connectivity index (χ1v) is 32.5. The maximum Gasteiger partial charge on any atom is 0.306 e. The Morgan fingerprint density at radius 2 is 1.03 bits per heavy atom. The molecule has 0 saturated heterocycles. The van der Waals surface area contributed by atoms with Crippen molar-refractivity contribution < 1.29 is 9.53 Å². The van der Waals surface area contributed by atoms with Gasteiger partial charge in [-0.05, 0) is 136 Å². The van der Waals surface area contributed by atoms with Gasteiger partial charge >= 0.3 is 5.97 Å². The Hall–Kier alpha value is -1.57. The number of carbonyl (C=O) groups is 1. The lowest BCUT2D eigenvalue weighted by Crippen LogP contribution is -2.51. The maximum atomic E-state index is 13.0. The second kappa shape index (κ2) is 38.0. The summed E-state index contributed by atoms with van der Waals surface area (Å²) in [6.45, 7) is 15.0. The molecule has 3 saturated carbocycles. The second-order valence-corrected chi connectivity index (χ2v) is 25.8. The molecule has 71 heavy (non-hydrogen) atoms. The van der Waals surface area contributed by atoms with Gasteiger partial charge in [0.15, 0.2) is 0 Å². The topological polar surface area (TPSA) is 26.3 Å². The van der Waals surface area contributed by atoms with Crippen LogP contribution in [0.15, 0.2) is 48.1 Å². The molecule has 0 spiro atoms. The van der Waals surface area contributed by atoms with Gasteiger partial charge in [-0.1, -0.05) is 276 Å². The molecule has 0 bridgehead atoms. The normalized spacial score (nSPS) is 25.8. The molecule has 4 aliphatic carbocycles. The Morgan fingerprint density at radius 3 is 1.54 bits per heavy atom. The van der Waals surface area contributed by atoms with Gasteiger partial charge in [-0.15, -0.1) is 0 Å². The number of esters is 1. The van der Waals surface area contributed by atoms with Crippen LogP contribution >= 0.6 is 0 Å². The van der Waals surface area contributed by atoms with E-state index in [0.717, 1.165) is 67.6 Å². The zero-order valence-corrected chi connectivity index (χ0v) is 48.7. The molecule has 0 aliphatic heterocycles. The number of ether oxygens (including phenoxy) is 1. The minimum absolute atomic E-state index is 0.0686. The van der Waals surface area contributed by atoms with Gasteiger partial charge in [0.25, 0.3) is 0 Å². The number of hydrogen-bond donors (Lipinski definition) is 0. The third-order valence-corrected chi connectivity index (χ3v) is 19.6. The zero-order valence-electron chi connectivity index (χ0n) is 48.7. The lowest BCUT2D eigenvalue weighted by molar-refractivity contribution is -0.151. The molecule has 0 aromatic rings. The summed E-state index contributed by atoms with van der Waals surface area (Å²) in [4.78, 5) is 13.0. The molecule has 2 heteroatoms. The lowest BCUT2D eigenvalue weighted by Gasteiger charge is -2.58. The van der Waals surface area contributed by atoms with Gasteiger partial charge < -0.3 is 4.74 Å². The Bertz CT molecular complexity index is 1450. The predicted molar refractivity (Wildman–Crippen MR) is 313 cm³/mol. The molecule has 0 aromatic carbocycles. The third-order valence-electron chi connectivity index (χ3n) is 19.6. The fourth-order valence-corrected chi connectivity index (χ4v) is 15.1. The van der Waals surface area contributed by atoms with E-state index in [1.54, 1.807) is 5.57 Å². The summed E-state index contributed by atoms with van der Waals surface area (Å²) >= 11 is 0. The Morgan fingerprint density at radius 1 is 0.549 bits per heavy atom. The minimum atomic E-state index is 0.0686. The Balaban J connectivity index is 0.853. The van der Waals surface area contributed by atoms with E-state index in [1.807, 2.05) is 0 Å². The highest BCUT2D eigenvalue weighted by atomic mass is 16.5. The molecular formula is C69H122O2. The van der Waals surface area contributed by atoms with Crippen molar-refractivity contribution in [1.82, 2.24) is 0 Å². The van der Waals surface area contributed by atoms with Crippen molar-refractivity contribution in [2.75, 3.05) is 0 Å². The van der Waals surface area contributed by atoms with E-state index >= 15 is 0 Å². The first-order chi connectivity index (χ1) is 34.7. The first kappa shape index (κ1) is 62.0. The highest BCUT2D eigenvalue weighted by Crippen LogP contribution is 2.67. The van der Waals surface area contributed by atoms with E-state index in [0.29, 0.717) is 17.3 Å². The van der Waals surface area contributed by atoms with Gasteiger partial charge in [-0.3, -0.25) is 4.79 Å². The van der Waals surface area contributed by atoms with Crippen LogP contribution in [0.5, 0.6) is 0 Å². The van der Waals surface area contributed by atoms with E-state index in [4.69, 9.17) is 4.74 Å². The quantitative estimate of drug-likeness (QED) is 0.0346. The molecule has 8 atom stereocenters. The number of hydrogen-bond acceptors (Lipinski definition) is 2. The minimum Gasteiger partial charge on any atom is -0.462 e. The summed E-state index contributed by atoms with van der Waals surface area (Å²) in [5, 5.41) is 0. The summed E-state index contributed by atoms with van der Waals surface area (Å²) in [7, 11) is 0. The van der Waals surface area contributed by atoms with Crippen LogP contribution in [0, 0.1) is 46.3 Å². The molecule has 0 aromatic heterocycles. The Kier molecular flexibility index (Phi) is 33.2. The van der Waals surface area contributed by atoms with Crippen molar-refractivity contribution in [1.29, 1.82) is 0 Å². The summed E-state index contributed by atoms with van der Waals surface area (Å²) < 4.78 is 6.19. The van der Waals surface area contributed by atoms with E-state index in [-0.39, 0.29) is 12.1 Å². The van der Waals surface area contributed by atoms with Crippen molar-refractivity contribution in [2.24, 2.45) is 46.3 Å². The van der Waals surface area contributed by atoms with E-state index in [1.165, 1.54) is 250 Å². The van der Waals surface area contributed by atoms with Crippen LogP contribution < -0.4 is 0 Å². The van der Waals surface area contributed by atoms with Crippen molar-refractivity contribution in [3.8, 4) is 0 Å². The summed E-state index contributed by atoms with van der Waals surface area (Å²) in [6, 6.07) is 0. The van der Waals surface area contributed by atoms with Gasteiger partial charge in [0, 0.05) is 12.8 Å². The molecular weight excluding hydrogens is 861 g/mol. The number of fused-ring (bicyclic) bond motifs is 5. The monoisotopic (exact) mass is 983 g/mol. The molecule has 0 N–H and O–H groups in total. The largest absolute Gasteiger partial charge is 0.462 e. The van der Waals surface area contributed by atoms with Crippen molar-refractivity contribution in [3.05, 3.63) is 48.1 Å². The summed E-state index contributed by atoms with van der Waals surface area (Å²) in [5.41, 5.74) is 2.53. The zero-order chi connectivity index (χ0) is 50.7. The summed E-state index contributed by atoms with van der Waals surface area (Å²) in [6.07, 6.45) is 77.2. The standard InChI is InChI=1S/C69H122O2/c1-7-8-9-10-11-12-13-14-15-16-17-18-19-20-21-22-23-24-25-26-27-28-29-30-31-32-33-34-35-36-37-38-39-40-41-42-43-44-45-49-67(70)71-62-54-56-68(5)61(58-62)50-51-63-65-53-52-64(60(4)48-46-47-59(2)3)69(65,6)57-55-66(63)68/h13-14,16-17,19-20,50,59-60,62-66H,7-12,15,18,21-49,51-58H2,1-6H3/b14-13-,17-16-,20-19-. The van der Waals surface area contributed by atoms with Gasteiger partial charge in [0.05, 0.1) is 0 Å². The van der Waals surface area contributed by atoms with E-state index in [9.17, 15) is 4.79 Å². The molecule has 0 amide bonds. The number of rotatable bonds is 43. The average Bonchev–Trinajstić information content (AvgIpc) is 3.72. The fraction of sp³-hybridized carbons (Fsp3) is 0.870. The van der Waals surface area contributed by atoms with Crippen LogP contribution in [-0.2, 0) is 9.53 Å². The molecule has 410 valence electrons. The molecule has 3 fully saturated rings. The number of carbonyl (C=O) groups excluding carboxylic acids is 1.